The second-order valence-corrected chi connectivity index (χ2v) is 8.55. The normalized spacial score (nSPS) is 10.9. The first-order valence-corrected chi connectivity index (χ1v) is 10.8. The lowest BCUT2D eigenvalue weighted by Gasteiger charge is -2.19. The molecule has 0 aliphatic carbocycles. The third-order valence-electron chi connectivity index (χ3n) is 5.92. The predicted octanol–water partition coefficient (Wildman–Crippen LogP) is 7.77. The fourth-order valence-electron chi connectivity index (χ4n) is 4.55. The Bertz CT molecular complexity index is 1090. The molecule has 0 radical (unpaired) electrons. The van der Waals surface area contributed by atoms with Gasteiger partial charge in [-0.15, -0.1) is 0 Å². The molecule has 0 bridgehead atoms. The lowest BCUT2D eigenvalue weighted by atomic mass is 9.85. The van der Waals surface area contributed by atoms with Crippen molar-refractivity contribution in [1.82, 2.24) is 0 Å². The van der Waals surface area contributed by atoms with Gasteiger partial charge in [-0.3, -0.25) is 0 Å². The Hall–Kier alpha value is -3.12. The summed E-state index contributed by atoms with van der Waals surface area (Å²) in [5.41, 5.74) is 13.7. The zero-order valence-electron chi connectivity index (χ0n) is 18.5. The molecule has 0 N–H and O–H groups in total. The molecule has 0 amide bonds. The molecular weight excluding hydrogens is 360 g/mol. The minimum atomic E-state index is 0.955. The van der Waals surface area contributed by atoms with E-state index in [-0.39, 0.29) is 0 Å². The molecule has 0 fully saturated rings. The Labute approximate surface area is 181 Å². The van der Waals surface area contributed by atoms with Crippen molar-refractivity contribution in [3.8, 4) is 11.1 Å². The van der Waals surface area contributed by atoms with Gasteiger partial charge in [-0.25, -0.2) is 0 Å². The Kier molecular flexibility index (Phi) is 5.86. The first kappa shape index (κ1) is 20.2. The van der Waals surface area contributed by atoms with Gasteiger partial charge in [-0.2, -0.15) is 0 Å². The van der Waals surface area contributed by atoms with Crippen LogP contribution in [-0.2, 0) is 12.8 Å². The second-order valence-electron chi connectivity index (χ2n) is 8.55. The van der Waals surface area contributed by atoms with Crippen LogP contribution in [0.1, 0.15) is 44.5 Å². The molecule has 0 heterocycles. The van der Waals surface area contributed by atoms with E-state index in [9.17, 15) is 0 Å². The first-order chi connectivity index (χ1) is 14.5. The van der Waals surface area contributed by atoms with Crippen LogP contribution in [0.4, 0.5) is 0 Å². The van der Waals surface area contributed by atoms with Gasteiger partial charge in [0.25, 0.3) is 0 Å². The van der Waals surface area contributed by atoms with Crippen molar-refractivity contribution < 1.29 is 0 Å². The lowest BCUT2D eigenvalue weighted by molar-refractivity contribution is 1.14. The van der Waals surface area contributed by atoms with E-state index < -0.39 is 0 Å². The highest BCUT2D eigenvalue weighted by Gasteiger charge is 2.15. The minimum Gasteiger partial charge on any atom is -0.0617 e. The molecule has 150 valence electrons. The molecule has 0 aliphatic rings. The van der Waals surface area contributed by atoms with E-state index in [4.69, 9.17) is 0 Å². The molecule has 0 aliphatic heterocycles. The number of hydrogen-bond donors (Lipinski definition) is 0. The molecule has 0 saturated carbocycles. The lowest BCUT2D eigenvalue weighted by Crippen LogP contribution is -2.01. The molecule has 4 aromatic carbocycles. The van der Waals surface area contributed by atoms with E-state index in [0.29, 0.717) is 0 Å². The van der Waals surface area contributed by atoms with E-state index >= 15 is 0 Å². The van der Waals surface area contributed by atoms with Crippen molar-refractivity contribution >= 4 is 0 Å². The Morgan fingerprint density at radius 1 is 0.467 bits per heavy atom. The number of benzene rings is 4. The molecule has 0 heteroatoms. The van der Waals surface area contributed by atoms with E-state index in [1.54, 1.807) is 0 Å². The fraction of sp³-hybridized carbons (Fsp3) is 0.200. The van der Waals surface area contributed by atoms with Gasteiger partial charge < -0.3 is 0 Å². The highest BCUT2D eigenvalue weighted by Crippen LogP contribution is 2.35. The zero-order valence-corrected chi connectivity index (χ0v) is 18.5. The molecule has 0 aromatic heterocycles. The van der Waals surface area contributed by atoms with Crippen molar-refractivity contribution in [2.24, 2.45) is 0 Å². The van der Waals surface area contributed by atoms with Crippen LogP contribution in [0.5, 0.6) is 0 Å². The fourth-order valence-corrected chi connectivity index (χ4v) is 4.55. The summed E-state index contributed by atoms with van der Waals surface area (Å²) in [6.45, 7) is 8.83. The van der Waals surface area contributed by atoms with Gasteiger partial charge in [0.2, 0.25) is 0 Å². The molecular formula is C30H30. The van der Waals surface area contributed by atoms with Crippen LogP contribution in [0.3, 0.4) is 0 Å². The third kappa shape index (κ3) is 4.39. The van der Waals surface area contributed by atoms with Gasteiger partial charge in [0.1, 0.15) is 0 Å². The number of aryl methyl sites for hydroxylation is 4. The molecule has 4 aromatic rings. The minimum absolute atomic E-state index is 0.955. The molecule has 0 spiro atoms. The van der Waals surface area contributed by atoms with Crippen molar-refractivity contribution in [2.75, 3.05) is 0 Å². The average molecular weight is 391 g/mol. The Balaban J connectivity index is 1.82. The van der Waals surface area contributed by atoms with Crippen LogP contribution in [0.25, 0.3) is 11.1 Å². The summed E-state index contributed by atoms with van der Waals surface area (Å²) in [7, 11) is 0. The third-order valence-corrected chi connectivity index (χ3v) is 5.92. The van der Waals surface area contributed by atoms with Crippen LogP contribution >= 0.6 is 0 Å². The Morgan fingerprint density at radius 2 is 0.867 bits per heavy atom. The van der Waals surface area contributed by atoms with Crippen molar-refractivity contribution in [2.45, 2.75) is 40.5 Å². The van der Waals surface area contributed by atoms with Crippen molar-refractivity contribution in [1.29, 1.82) is 0 Å². The maximum atomic E-state index is 2.30. The van der Waals surface area contributed by atoms with Crippen LogP contribution in [0.15, 0.2) is 84.9 Å². The quantitative estimate of drug-likeness (QED) is 0.326. The highest BCUT2D eigenvalue weighted by atomic mass is 14.2. The van der Waals surface area contributed by atoms with E-state index in [0.717, 1.165) is 12.8 Å². The van der Waals surface area contributed by atoms with E-state index in [1.807, 2.05) is 0 Å². The average Bonchev–Trinajstić information content (AvgIpc) is 2.70. The largest absolute Gasteiger partial charge is 0.0617 e. The molecule has 0 atom stereocenters. The SMILES string of the molecule is Cc1cccc(Cc2cccc(C)c2-c2c(C)cccc2Cc2cccc(C)c2)c1. The highest BCUT2D eigenvalue weighted by molar-refractivity contribution is 5.77. The monoisotopic (exact) mass is 390 g/mol. The van der Waals surface area contributed by atoms with E-state index in [1.165, 1.54) is 55.6 Å². The molecule has 0 nitrogen and oxygen atoms in total. The summed E-state index contributed by atoms with van der Waals surface area (Å²) < 4.78 is 0. The number of hydrogen-bond acceptors (Lipinski definition) is 0. The van der Waals surface area contributed by atoms with Crippen LogP contribution in [0.2, 0.25) is 0 Å². The van der Waals surface area contributed by atoms with Crippen LogP contribution < -0.4 is 0 Å². The van der Waals surface area contributed by atoms with Crippen LogP contribution in [0, 0.1) is 27.7 Å². The maximum Gasteiger partial charge on any atom is -0.00194 e. The zero-order chi connectivity index (χ0) is 21.1. The summed E-state index contributed by atoms with van der Waals surface area (Å²) in [4.78, 5) is 0. The standard InChI is InChI=1S/C30H30/c1-21-9-5-13-25(17-21)19-27-15-7-11-23(3)29(27)30-24(4)12-8-16-28(30)20-26-14-6-10-22(2)18-26/h5-18H,19-20H2,1-4H3. The molecule has 30 heavy (non-hydrogen) atoms. The van der Waals surface area contributed by atoms with Crippen molar-refractivity contribution in [3.05, 3.63) is 129 Å². The summed E-state index contributed by atoms with van der Waals surface area (Å²) in [5.74, 6) is 0. The van der Waals surface area contributed by atoms with Gasteiger partial charge in [-0.05, 0) is 85.0 Å². The van der Waals surface area contributed by atoms with Gasteiger partial charge >= 0.3 is 0 Å². The summed E-state index contributed by atoms with van der Waals surface area (Å²) >= 11 is 0. The first-order valence-electron chi connectivity index (χ1n) is 10.8. The molecule has 0 saturated heterocycles. The van der Waals surface area contributed by atoms with Gasteiger partial charge in [0.15, 0.2) is 0 Å². The Morgan fingerprint density at radius 3 is 1.27 bits per heavy atom. The topological polar surface area (TPSA) is 0 Å². The van der Waals surface area contributed by atoms with Gasteiger partial charge in [-0.1, -0.05) is 96.1 Å². The van der Waals surface area contributed by atoms with Gasteiger partial charge in [0.05, 0.1) is 0 Å². The summed E-state index contributed by atoms with van der Waals surface area (Å²) in [6, 6.07) is 31.2. The summed E-state index contributed by atoms with van der Waals surface area (Å²) in [6.07, 6.45) is 1.91. The molecule has 0 unspecified atom stereocenters. The molecule has 4 rings (SSSR count). The van der Waals surface area contributed by atoms with Crippen LogP contribution in [-0.4, -0.2) is 0 Å². The summed E-state index contributed by atoms with van der Waals surface area (Å²) in [5, 5.41) is 0. The van der Waals surface area contributed by atoms with E-state index in [2.05, 4.69) is 113 Å². The second kappa shape index (κ2) is 8.71. The maximum absolute atomic E-state index is 2.30. The number of rotatable bonds is 5. The van der Waals surface area contributed by atoms with Gasteiger partial charge in [0, 0.05) is 0 Å². The smallest absolute Gasteiger partial charge is 0.00194 e. The van der Waals surface area contributed by atoms with Crippen molar-refractivity contribution in [3.63, 3.8) is 0 Å². The predicted molar refractivity (Wildman–Crippen MR) is 129 cm³/mol.